The molecule has 1 aromatic rings. The molecule has 0 aliphatic heterocycles. The molecule has 0 heterocycles. The highest BCUT2D eigenvalue weighted by molar-refractivity contribution is 7.92. The molecule has 0 atom stereocenters. The number of nitrogens with one attached hydrogen (secondary N) is 1. The van der Waals surface area contributed by atoms with Crippen LogP contribution in [0.4, 0.5) is 5.69 Å². The number of anilines is 1. The second kappa shape index (κ2) is 6.06. The Labute approximate surface area is 111 Å². The zero-order chi connectivity index (χ0) is 13.8. The van der Waals surface area contributed by atoms with E-state index in [0.29, 0.717) is 16.3 Å². The van der Waals surface area contributed by atoms with Crippen LogP contribution in [0, 0.1) is 6.92 Å². The summed E-state index contributed by atoms with van der Waals surface area (Å²) in [7, 11) is -3.57. The highest BCUT2D eigenvalue weighted by Gasteiger charge is 2.14. The van der Waals surface area contributed by atoms with Gasteiger partial charge in [-0.25, -0.2) is 8.42 Å². The highest BCUT2D eigenvalue weighted by Crippen LogP contribution is 2.26. The van der Waals surface area contributed by atoms with Gasteiger partial charge in [-0.1, -0.05) is 23.7 Å². The molecule has 0 saturated carbocycles. The first-order valence-corrected chi connectivity index (χ1v) is 7.32. The molecular formula is C11H14ClNO4S. The fourth-order valence-corrected chi connectivity index (χ4v) is 2.91. The van der Waals surface area contributed by atoms with Crippen LogP contribution in [0.15, 0.2) is 18.2 Å². The number of benzene rings is 1. The topological polar surface area (TPSA) is 83.5 Å². The summed E-state index contributed by atoms with van der Waals surface area (Å²) in [5.41, 5.74) is 1.05. The summed E-state index contributed by atoms with van der Waals surface area (Å²) in [5.74, 6) is -1.26. The Morgan fingerprint density at radius 1 is 1.44 bits per heavy atom. The monoisotopic (exact) mass is 291 g/mol. The van der Waals surface area contributed by atoms with Crippen molar-refractivity contribution in [3.63, 3.8) is 0 Å². The second-order valence-corrected chi connectivity index (χ2v) is 6.10. The third-order valence-electron chi connectivity index (χ3n) is 2.28. The summed E-state index contributed by atoms with van der Waals surface area (Å²) in [6, 6.07) is 5.05. The Morgan fingerprint density at radius 3 is 2.67 bits per heavy atom. The third-order valence-corrected chi connectivity index (χ3v) is 3.94. The fourth-order valence-electron chi connectivity index (χ4n) is 1.38. The quantitative estimate of drug-likeness (QED) is 0.842. The summed E-state index contributed by atoms with van der Waals surface area (Å²) in [5, 5.41) is 8.77. The van der Waals surface area contributed by atoms with E-state index < -0.39 is 16.0 Å². The lowest BCUT2D eigenvalue weighted by atomic mass is 10.2. The van der Waals surface area contributed by atoms with E-state index in [1.54, 1.807) is 25.1 Å². The van der Waals surface area contributed by atoms with Crippen LogP contribution in [-0.2, 0) is 14.8 Å². The van der Waals surface area contributed by atoms with Crippen molar-refractivity contribution in [3.8, 4) is 0 Å². The molecule has 0 aliphatic carbocycles. The van der Waals surface area contributed by atoms with Gasteiger partial charge in [0.25, 0.3) is 0 Å². The molecule has 1 rings (SSSR count). The highest BCUT2D eigenvalue weighted by atomic mass is 35.5. The van der Waals surface area contributed by atoms with E-state index in [0.717, 1.165) is 0 Å². The van der Waals surface area contributed by atoms with E-state index in [-0.39, 0.29) is 18.6 Å². The molecule has 0 radical (unpaired) electrons. The van der Waals surface area contributed by atoms with Crippen molar-refractivity contribution in [1.82, 2.24) is 0 Å². The summed E-state index contributed by atoms with van der Waals surface area (Å²) in [4.78, 5) is 10.3. The molecular weight excluding hydrogens is 278 g/mol. The van der Waals surface area contributed by atoms with Crippen LogP contribution in [0.2, 0.25) is 5.02 Å². The summed E-state index contributed by atoms with van der Waals surface area (Å²) in [6.45, 7) is 1.74. The Balaban J connectivity index is 2.74. The van der Waals surface area contributed by atoms with Crippen molar-refractivity contribution in [2.45, 2.75) is 19.8 Å². The number of hydrogen-bond acceptors (Lipinski definition) is 3. The van der Waals surface area contributed by atoms with Crippen LogP contribution in [0.3, 0.4) is 0 Å². The van der Waals surface area contributed by atoms with Crippen LogP contribution in [-0.4, -0.2) is 25.2 Å². The SMILES string of the molecule is Cc1cccc(Cl)c1NS(=O)(=O)CCCC(=O)O. The molecule has 2 N–H and O–H groups in total. The number of halogens is 1. The van der Waals surface area contributed by atoms with Crippen molar-refractivity contribution in [1.29, 1.82) is 0 Å². The lowest BCUT2D eigenvalue weighted by molar-refractivity contribution is -0.137. The van der Waals surface area contributed by atoms with Gasteiger partial charge in [0, 0.05) is 6.42 Å². The average Bonchev–Trinajstić information content (AvgIpc) is 2.23. The number of rotatable bonds is 6. The third kappa shape index (κ3) is 4.54. The van der Waals surface area contributed by atoms with Gasteiger partial charge in [-0.2, -0.15) is 0 Å². The Bertz CT molecular complexity index is 522. The predicted octanol–water partition coefficient (Wildman–Crippen LogP) is 2.25. The van der Waals surface area contributed by atoms with Crippen LogP contribution < -0.4 is 4.72 Å². The molecule has 0 saturated heterocycles. The van der Waals surface area contributed by atoms with Crippen molar-refractivity contribution in [3.05, 3.63) is 28.8 Å². The first-order valence-electron chi connectivity index (χ1n) is 5.29. The molecule has 0 aliphatic rings. The van der Waals surface area contributed by atoms with Crippen molar-refractivity contribution in [2.24, 2.45) is 0 Å². The maximum atomic E-state index is 11.7. The minimum absolute atomic E-state index is 0.0637. The normalized spacial score (nSPS) is 11.2. The van der Waals surface area contributed by atoms with Gasteiger partial charge in [0.2, 0.25) is 10.0 Å². The number of para-hydroxylation sites is 1. The van der Waals surface area contributed by atoms with Gasteiger partial charge in [0.15, 0.2) is 0 Å². The van der Waals surface area contributed by atoms with Crippen LogP contribution in [0.1, 0.15) is 18.4 Å². The number of carboxylic acids is 1. The fraction of sp³-hybridized carbons (Fsp3) is 0.364. The Kier molecular flexibility index (Phi) is 4.98. The number of carbonyl (C=O) groups is 1. The number of hydrogen-bond donors (Lipinski definition) is 2. The smallest absolute Gasteiger partial charge is 0.303 e. The molecule has 0 unspecified atom stereocenters. The molecule has 100 valence electrons. The van der Waals surface area contributed by atoms with Gasteiger partial charge in [-0.3, -0.25) is 9.52 Å². The Morgan fingerprint density at radius 2 is 2.11 bits per heavy atom. The molecule has 0 aromatic heterocycles. The molecule has 18 heavy (non-hydrogen) atoms. The zero-order valence-electron chi connectivity index (χ0n) is 9.81. The first-order chi connectivity index (χ1) is 8.32. The summed E-state index contributed by atoms with van der Waals surface area (Å²) in [6.07, 6.45) is -0.115. The largest absolute Gasteiger partial charge is 0.481 e. The molecule has 0 amide bonds. The van der Waals surface area contributed by atoms with Gasteiger partial charge >= 0.3 is 5.97 Å². The Hall–Kier alpha value is -1.27. The van der Waals surface area contributed by atoms with Crippen molar-refractivity contribution < 1.29 is 18.3 Å². The van der Waals surface area contributed by atoms with Crippen LogP contribution in [0.25, 0.3) is 0 Å². The lowest BCUT2D eigenvalue weighted by Crippen LogP contribution is -2.18. The minimum atomic E-state index is -3.57. The average molecular weight is 292 g/mol. The van der Waals surface area contributed by atoms with Crippen LogP contribution >= 0.6 is 11.6 Å². The molecule has 0 bridgehead atoms. The van der Waals surface area contributed by atoms with Gasteiger partial charge in [0.1, 0.15) is 0 Å². The predicted molar refractivity (Wildman–Crippen MR) is 70.5 cm³/mol. The number of aryl methyl sites for hydroxylation is 1. The lowest BCUT2D eigenvalue weighted by Gasteiger charge is -2.11. The van der Waals surface area contributed by atoms with Gasteiger partial charge in [-0.05, 0) is 25.0 Å². The standard InChI is InChI=1S/C11H14ClNO4S/c1-8-4-2-5-9(12)11(8)13-18(16,17)7-3-6-10(14)15/h2,4-5,13H,3,6-7H2,1H3,(H,14,15). The van der Waals surface area contributed by atoms with Gasteiger partial charge < -0.3 is 5.11 Å². The molecule has 0 fully saturated rings. The van der Waals surface area contributed by atoms with E-state index >= 15 is 0 Å². The minimum Gasteiger partial charge on any atom is -0.481 e. The molecule has 5 nitrogen and oxygen atoms in total. The molecule has 0 spiro atoms. The molecule has 7 heteroatoms. The maximum absolute atomic E-state index is 11.7. The number of carboxylic acid groups (broad SMARTS) is 1. The van der Waals surface area contributed by atoms with E-state index in [1.807, 2.05) is 0 Å². The van der Waals surface area contributed by atoms with Crippen molar-refractivity contribution >= 4 is 33.3 Å². The maximum Gasteiger partial charge on any atom is 0.303 e. The van der Waals surface area contributed by atoms with Crippen LogP contribution in [0.5, 0.6) is 0 Å². The van der Waals surface area contributed by atoms with E-state index in [4.69, 9.17) is 16.7 Å². The summed E-state index contributed by atoms with van der Waals surface area (Å²) < 4.78 is 25.8. The first kappa shape index (κ1) is 14.8. The van der Waals surface area contributed by atoms with Gasteiger partial charge in [0.05, 0.1) is 16.5 Å². The molecule has 1 aromatic carbocycles. The van der Waals surface area contributed by atoms with Gasteiger partial charge in [-0.15, -0.1) is 0 Å². The van der Waals surface area contributed by atoms with Crippen molar-refractivity contribution in [2.75, 3.05) is 10.5 Å². The van der Waals surface area contributed by atoms with E-state index in [9.17, 15) is 13.2 Å². The van der Waals surface area contributed by atoms with E-state index in [1.165, 1.54) is 0 Å². The number of aliphatic carboxylic acids is 1. The summed E-state index contributed by atoms with van der Waals surface area (Å²) >= 11 is 5.90. The number of sulfonamides is 1. The second-order valence-electron chi connectivity index (χ2n) is 3.85. The zero-order valence-corrected chi connectivity index (χ0v) is 11.4. The van der Waals surface area contributed by atoms with E-state index in [2.05, 4.69) is 4.72 Å².